The molecule has 0 aliphatic carbocycles. The highest BCUT2D eigenvalue weighted by Crippen LogP contribution is 2.19. The molecular weight excluding hydrogens is 358 g/mol. The highest BCUT2D eigenvalue weighted by Gasteiger charge is 2.23. The first-order valence-electron chi connectivity index (χ1n) is 9.31. The number of morpholine rings is 1. The van der Waals surface area contributed by atoms with Crippen molar-refractivity contribution in [2.45, 2.75) is 32.6 Å². The SMILES string of the molecule is CC1CN(c2ccc(CNC(=O)c3cc(-c4ccco4)[nH]n3)cn2)CC(C)O1. The number of hydrogen-bond acceptors (Lipinski definition) is 6. The maximum Gasteiger partial charge on any atom is 0.272 e. The molecule has 1 fully saturated rings. The maximum absolute atomic E-state index is 12.3. The van der Waals surface area contributed by atoms with E-state index >= 15 is 0 Å². The summed E-state index contributed by atoms with van der Waals surface area (Å²) in [6.45, 7) is 6.16. The number of rotatable bonds is 5. The number of nitrogens with zero attached hydrogens (tertiary/aromatic N) is 3. The summed E-state index contributed by atoms with van der Waals surface area (Å²) in [5.41, 5.74) is 1.90. The van der Waals surface area contributed by atoms with E-state index in [1.807, 2.05) is 12.1 Å². The molecule has 8 nitrogen and oxygen atoms in total. The molecule has 4 heterocycles. The van der Waals surface area contributed by atoms with Crippen LogP contribution in [0.5, 0.6) is 0 Å². The predicted octanol–water partition coefficient (Wildman–Crippen LogP) is 2.61. The molecule has 1 amide bonds. The number of hydrogen-bond donors (Lipinski definition) is 2. The number of carbonyl (C=O) groups is 1. The smallest absolute Gasteiger partial charge is 0.272 e. The van der Waals surface area contributed by atoms with E-state index in [2.05, 4.69) is 39.2 Å². The Balaban J connectivity index is 1.34. The Labute approximate surface area is 162 Å². The standard InChI is InChI=1S/C20H23N5O3/c1-13-11-25(12-14(2)28-13)19-6-5-15(9-21-19)10-22-20(26)17-8-16(23-24-17)18-4-3-7-27-18/h3-9,13-14H,10-12H2,1-2H3,(H,22,26)(H,23,24). The molecule has 0 aromatic carbocycles. The molecule has 3 aromatic heterocycles. The van der Waals surface area contributed by atoms with Gasteiger partial charge in [-0.25, -0.2) is 4.98 Å². The van der Waals surface area contributed by atoms with Crippen molar-refractivity contribution in [3.63, 3.8) is 0 Å². The Hall–Kier alpha value is -3.13. The van der Waals surface area contributed by atoms with Crippen molar-refractivity contribution in [2.75, 3.05) is 18.0 Å². The van der Waals surface area contributed by atoms with Crippen molar-refractivity contribution in [2.24, 2.45) is 0 Å². The van der Waals surface area contributed by atoms with Crippen LogP contribution in [0, 0.1) is 0 Å². The van der Waals surface area contributed by atoms with Gasteiger partial charge in [0.05, 0.1) is 18.5 Å². The third-order valence-electron chi connectivity index (χ3n) is 4.60. The zero-order chi connectivity index (χ0) is 19.5. The quantitative estimate of drug-likeness (QED) is 0.705. The average molecular weight is 381 g/mol. The molecule has 0 bridgehead atoms. The average Bonchev–Trinajstić information content (AvgIpc) is 3.37. The third-order valence-corrected chi connectivity index (χ3v) is 4.60. The minimum Gasteiger partial charge on any atom is -0.463 e. The van der Waals surface area contributed by atoms with Gasteiger partial charge in [-0.1, -0.05) is 6.07 Å². The first-order chi connectivity index (χ1) is 13.6. The predicted molar refractivity (Wildman–Crippen MR) is 104 cm³/mol. The number of aromatic nitrogens is 3. The molecule has 4 rings (SSSR count). The van der Waals surface area contributed by atoms with Crippen molar-refractivity contribution in [3.8, 4) is 11.5 Å². The van der Waals surface area contributed by atoms with Crippen LogP contribution in [-0.4, -0.2) is 46.4 Å². The molecule has 0 saturated carbocycles. The number of anilines is 1. The number of furan rings is 1. The summed E-state index contributed by atoms with van der Waals surface area (Å²) in [7, 11) is 0. The molecule has 1 aliphatic heterocycles. The van der Waals surface area contributed by atoms with E-state index in [0.717, 1.165) is 24.5 Å². The van der Waals surface area contributed by atoms with Crippen LogP contribution in [0.4, 0.5) is 5.82 Å². The summed E-state index contributed by atoms with van der Waals surface area (Å²) >= 11 is 0. The maximum atomic E-state index is 12.3. The van der Waals surface area contributed by atoms with E-state index in [0.29, 0.717) is 23.7 Å². The van der Waals surface area contributed by atoms with Gasteiger partial charge in [-0.05, 0) is 37.6 Å². The summed E-state index contributed by atoms with van der Waals surface area (Å²) < 4.78 is 11.1. The van der Waals surface area contributed by atoms with Crippen LogP contribution >= 0.6 is 0 Å². The van der Waals surface area contributed by atoms with Gasteiger partial charge in [-0.3, -0.25) is 9.89 Å². The highest BCUT2D eigenvalue weighted by molar-refractivity contribution is 5.93. The number of aromatic amines is 1. The van der Waals surface area contributed by atoms with Crippen LogP contribution in [0.1, 0.15) is 29.9 Å². The lowest BCUT2D eigenvalue weighted by Crippen LogP contribution is -2.45. The molecule has 28 heavy (non-hydrogen) atoms. The molecule has 1 saturated heterocycles. The lowest BCUT2D eigenvalue weighted by Gasteiger charge is -2.36. The van der Waals surface area contributed by atoms with Crippen molar-refractivity contribution in [1.82, 2.24) is 20.5 Å². The zero-order valence-corrected chi connectivity index (χ0v) is 15.9. The van der Waals surface area contributed by atoms with Crippen molar-refractivity contribution in [3.05, 3.63) is 54.0 Å². The fourth-order valence-electron chi connectivity index (χ4n) is 3.34. The van der Waals surface area contributed by atoms with Gasteiger partial charge in [0.2, 0.25) is 0 Å². The first kappa shape index (κ1) is 18.2. The van der Waals surface area contributed by atoms with E-state index in [9.17, 15) is 4.79 Å². The Morgan fingerprint density at radius 1 is 1.29 bits per heavy atom. The van der Waals surface area contributed by atoms with Gasteiger partial charge in [0.25, 0.3) is 5.91 Å². The monoisotopic (exact) mass is 381 g/mol. The minimum absolute atomic E-state index is 0.185. The Kier molecular flexibility index (Phi) is 5.12. The van der Waals surface area contributed by atoms with Crippen molar-refractivity contribution < 1.29 is 13.9 Å². The number of ether oxygens (including phenoxy) is 1. The van der Waals surface area contributed by atoms with Gasteiger partial charge in [0.15, 0.2) is 11.5 Å². The molecule has 2 N–H and O–H groups in total. The van der Waals surface area contributed by atoms with Crippen LogP contribution in [0.2, 0.25) is 0 Å². The number of H-pyrrole nitrogens is 1. The number of amides is 1. The molecule has 0 spiro atoms. The molecule has 2 unspecified atom stereocenters. The van der Waals surface area contributed by atoms with Crippen LogP contribution in [0.25, 0.3) is 11.5 Å². The van der Waals surface area contributed by atoms with Gasteiger partial charge in [-0.2, -0.15) is 5.10 Å². The van der Waals surface area contributed by atoms with E-state index in [-0.39, 0.29) is 18.1 Å². The summed E-state index contributed by atoms with van der Waals surface area (Å²) in [5.74, 6) is 1.31. The molecule has 3 aromatic rings. The van der Waals surface area contributed by atoms with E-state index in [1.165, 1.54) is 0 Å². The minimum atomic E-state index is -0.256. The third kappa shape index (κ3) is 4.07. The van der Waals surface area contributed by atoms with E-state index in [4.69, 9.17) is 9.15 Å². The number of pyridine rings is 1. The largest absolute Gasteiger partial charge is 0.463 e. The van der Waals surface area contributed by atoms with Gasteiger partial charge < -0.3 is 19.4 Å². The number of carbonyl (C=O) groups excluding carboxylic acids is 1. The van der Waals surface area contributed by atoms with E-state index < -0.39 is 0 Å². The van der Waals surface area contributed by atoms with Gasteiger partial charge in [-0.15, -0.1) is 0 Å². The Morgan fingerprint density at radius 3 is 2.79 bits per heavy atom. The fourth-order valence-corrected chi connectivity index (χ4v) is 3.34. The summed E-state index contributed by atoms with van der Waals surface area (Å²) in [6, 6.07) is 9.21. The molecular formula is C20H23N5O3. The van der Waals surface area contributed by atoms with Crippen molar-refractivity contribution >= 4 is 11.7 Å². The molecule has 1 aliphatic rings. The highest BCUT2D eigenvalue weighted by atomic mass is 16.5. The van der Waals surface area contributed by atoms with E-state index in [1.54, 1.807) is 30.7 Å². The first-order valence-corrected chi connectivity index (χ1v) is 9.31. The lowest BCUT2D eigenvalue weighted by atomic mass is 10.2. The normalized spacial score (nSPS) is 19.6. The lowest BCUT2D eigenvalue weighted by molar-refractivity contribution is -0.00546. The van der Waals surface area contributed by atoms with Gasteiger partial charge in [0.1, 0.15) is 11.5 Å². The Bertz CT molecular complexity index is 910. The molecule has 2 atom stereocenters. The van der Waals surface area contributed by atoms with Crippen LogP contribution in [0.3, 0.4) is 0 Å². The number of nitrogens with one attached hydrogen (secondary N) is 2. The summed E-state index contributed by atoms with van der Waals surface area (Å²) in [4.78, 5) is 19.1. The van der Waals surface area contributed by atoms with Crippen LogP contribution < -0.4 is 10.2 Å². The summed E-state index contributed by atoms with van der Waals surface area (Å²) in [6.07, 6.45) is 3.73. The zero-order valence-electron chi connectivity index (χ0n) is 15.9. The molecule has 146 valence electrons. The summed E-state index contributed by atoms with van der Waals surface area (Å²) in [5, 5.41) is 9.71. The van der Waals surface area contributed by atoms with Crippen LogP contribution in [-0.2, 0) is 11.3 Å². The molecule has 8 heteroatoms. The fraction of sp³-hybridized carbons (Fsp3) is 0.350. The van der Waals surface area contributed by atoms with Gasteiger partial charge >= 0.3 is 0 Å². The van der Waals surface area contributed by atoms with Crippen molar-refractivity contribution in [1.29, 1.82) is 0 Å². The van der Waals surface area contributed by atoms with Gasteiger partial charge in [0, 0.05) is 31.9 Å². The second-order valence-electron chi connectivity index (χ2n) is 7.01. The topological polar surface area (TPSA) is 96.3 Å². The Morgan fingerprint density at radius 2 is 2.11 bits per heavy atom. The van der Waals surface area contributed by atoms with Crippen LogP contribution in [0.15, 0.2) is 47.2 Å². The second-order valence-corrected chi connectivity index (χ2v) is 7.01. The molecule has 0 radical (unpaired) electrons. The second kappa shape index (κ2) is 7.85.